The van der Waals surface area contributed by atoms with Gasteiger partial charge in [0, 0.05) is 29.3 Å². The van der Waals surface area contributed by atoms with Gasteiger partial charge in [-0.05, 0) is 67.9 Å². The Hall–Kier alpha value is -3.54. The maximum absolute atomic E-state index is 13.8. The van der Waals surface area contributed by atoms with Crippen LogP contribution in [0, 0.1) is 0 Å². The molecule has 196 valence electrons. The van der Waals surface area contributed by atoms with Crippen LogP contribution in [0.25, 0.3) is 0 Å². The van der Waals surface area contributed by atoms with Gasteiger partial charge in [-0.3, -0.25) is 4.79 Å². The molecule has 0 bridgehead atoms. The van der Waals surface area contributed by atoms with Crippen LogP contribution in [0.1, 0.15) is 75.5 Å². The largest absolute Gasteiger partial charge is 0.493 e. The number of carbonyl (C=O) groups excluding carboxylic acids is 2. The topological polar surface area (TPSA) is 73.9 Å². The van der Waals surface area contributed by atoms with E-state index in [0.29, 0.717) is 35.5 Å². The second-order valence-corrected chi connectivity index (χ2v) is 9.85. The molecule has 0 saturated carbocycles. The van der Waals surface area contributed by atoms with Crippen molar-refractivity contribution in [2.75, 3.05) is 14.2 Å². The average molecular weight is 504 g/mol. The average Bonchev–Trinajstić information content (AvgIpc) is 2.91. The van der Waals surface area contributed by atoms with E-state index in [1.807, 2.05) is 51.1 Å². The molecule has 2 aliphatic rings. The van der Waals surface area contributed by atoms with Crippen molar-refractivity contribution in [1.29, 1.82) is 0 Å². The number of Topliss-reactive ketones (excluding diaryl/α,β-unsaturated/α-hetero) is 1. The lowest BCUT2D eigenvalue weighted by atomic mass is 9.71. The third kappa shape index (κ3) is 5.29. The zero-order valence-electron chi connectivity index (χ0n) is 22.6. The van der Waals surface area contributed by atoms with Crippen molar-refractivity contribution in [3.05, 3.63) is 81.7 Å². The SMILES string of the molecule is CCc1ccc([C@@H]2C(C(=O)O[C@H](C)CC)=C(C)NC3=C2C(=O)C[C@H](c2ccc(OC)c(OC)c2)C3)cc1. The fourth-order valence-electron chi connectivity index (χ4n) is 5.26. The monoisotopic (exact) mass is 503 g/mol. The van der Waals surface area contributed by atoms with Crippen LogP contribution in [0.4, 0.5) is 0 Å². The first-order valence-corrected chi connectivity index (χ1v) is 13.1. The first-order valence-electron chi connectivity index (χ1n) is 13.1. The van der Waals surface area contributed by atoms with Crippen molar-refractivity contribution in [2.45, 2.75) is 71.3 Å². The lowest BCUT2D eigenvalue weighted by Gasteiger charge is -2.37. The summed E-state index contributed by atoms with van der Waals surface area (Å²) in [4.78, 5) is 27.2. The van der Waals surface area contributed by atoms with Crippen molar-refractivity contribution in [3.8, 4) is 11.5 Å². The number of methoxy groups -OCH3 is 2. The standard InChI is InChI=1S/C31H37NO5/c1-7-18(3)37-31(34)28-19(4)32-24-15-23(22-13-14-26(35-5)27(17-22)36-6)16-25(33)30(24)29(28)21-11-9-20(8-2)10-12-21/h9-14,17-18,23,29,32H,7-8,15-16H2,1-6H3/t18-,23-,29-/m1/s1. The van der Waals surface area contributed by atoms with Gasteiger partial charge in [-0.15, -0.1) is 0 Å². The van der Waals surface area contributed by atoms with Gasteiger partial charge in [-0.1, -0.05) is 44.2 Å². The van der Waals surface area contributed by atoms with Crippen LogP contribution in [-0.2, 0) is 20.7 Å². The van der Waals surface area contributed by atoms with Gasteiger partial charge in [0.1, 0.15) is 0 Å². The molecule has 2 aromatic carbocycles. The Labute approximate surface area is 219 Å². The van der Waals surface area contributed by atoms with Crippen molar-refractivity contribution < 1.29 is 23.8 Å². The van der Waals surface area contributed by atoms with Gasteiger partial charge in [-0.25, -0.2) is 4.79 Å². The van der Waals surface area contributed by atoms with E-state index < -0.39 is 5.92 Å². The lowest BCUT2D eigenvalue weighted by Crippen LogP contribution is -2.36. The van der Waals surface area contributed by atoms with Gasteiger partial charge >= 0.3 is 5.97 Å². The van der Waals surface area contributed by atoms with Crippen LogP contribution < -0.4 is 14.8 Å². The molecule has 0 aromatic heterocycles. The van der Waals surface area contributed by atoms with E-state index in [9.17, 15) is 9.59 Å². The number of dihydropyridines is 1. The van der Waals surface area contributed by atoms with E-state index in [4.69, 9.17) is 14.2 Å². The molecule has 1 heterocycles. The zero-order chi connectivity index (χ0) is 26.7. The van der Waals surface area contributed by atoms with Gasteiger partial charge in [0.05, 0.1) is 25.9 Å². The van der Waals surface area contributed by atoms with Crippen LogP contribution in [0.5, 0.6) is 11.5 Å². The summed E-state index contributed by atoms with van der Waals surface area (Å²) in [6, 6.07) is 14.0. The molecule has 0 saturated heterocycles. The minimum absolute atomic E-state index is 0.0110. The number of nitrogens with one attached hydrogen (secondary N) is 1. The molecule has 0 unspecified atom stereocenters. The van der Waals surface area contributed by atoms with Gasteiger partial charge in [-0.2, -0.15) is 0 Å². The smallest absolute Gasteiger partial charge is 0.337 e. The molecule has 4 rings (SSSR count). The number of aryl methyl sites for hydroxylation is 1. The summed E-state index contributed by atoms with van der Waals surface area (Å²) >= 11 is 0. The van der Waals surface area contributed by atoms with E-state index in [1.165, 1.54) is 5.56 Å². The number of ether oxygens (including phenoxy) is 3. The van der Waals surface area contributed by atoms with E-state index in [-0.39, 0.29) is 23.8 Å². The van der Waals surface area contributed by atoms with Crippen molar-refractivity contribution in [3.63, 3.8) is 0 Å². The first kappa shape index (κ1) is 26.5. The molecule has 6 heteroatoms. The summed E-state index contributed by atoms with van der Waals surface area (Å²) in [6.45, 7) is 7.88. The summed E-state index contributed by atoms with van der Waals surface area (Å²) in [6.07, 6.45) is 2.45. The maximum Gasteiger partial charge on any atom is 0.337 e. The Kier molecular flexibility index (Phi) is 8.06. The van der Waals surface area contributed by atoms with Crippen LogP contribution in [0.15, 0.2) is 65.0 Å². The Morgan fingerprint density at radius 3 is 2.30 bits per heavy atom. The maximum atomic E-state index is 13.8. The lowest BCUT2D eigenvalue weighted by molar-refractivity contribution is -0.144. The number of rotatable bonds is 8. The van der Waals surface area contributed by atoms with Gasteiger partial charge in [0.2, 0.25) is 0 Å². The Morgan fingerprint density at radius 1 is 1.00 bits per heavy atom. The molecule has 1 aliphatic carbocycles. The van der Waals surface area contributed by atoms with Crippen LogP contribution in [0.2, 0.25) is 0 Å². The molecule has 1 aliphatic heterocycles. The second kappa shape index (κ2) is 11.2. The number of carbonyl (C=O) groups is 2. The number of ketones is 1. The number of benzene rings is 2. The predicted octanol–water partition coefficient (Wildman–Crippen LogP) is 5.97. The Balaban J connectivity index is 1.76. The molecule has 0 fully saturated rings. The van der Waals surface area contributed by atoms with Crippen LogP contribution >= 0.6 is 0 Å². The summed E-state index contributed by atoms with van der Waals surface area (Å²) in [5.74, 6) is 0.497. The molecule has 0 radical (unpaired) electrons. The molecule has 0 spiro atoms. The zero-order valence-corrected chi connectivity index (χ0v) is 22.6. The van der Waals surface area contributed by atoms with Crippen molar-refractivity contribution in [2.24, 2.45) is 0 Å². The Morgan fingerprint density at radius 2 is 1.68 bits per heavy atom. The fourth-order valence-corrected chi connectivity index (χ4v) is 5.26. The van der Waals surface area contributed by atoms with Crippen LogP contribution in [0.3, 0.4) is 0 Å². The van der Waals surface area contributed by atoms with Gasteiger partial charge in [0.25, 0.3) is 0 Å². The van der Waals surface area contributed by atoms with Gasteiger partial charge in [0.15, 0.2) is 17.3 Å². The quantitative estimate of drug-likeness (QED) is 0.448. The minimum atomic E-state index is -0.461. The molecule has 3 atom stereocenters. The number of hydrogen-bond acceptors (Lipinski definition) is 6. The molecule has 1 N–H and O–H groups in total. The van der Waals surface area contributed by atoms with Crippen molar-refractivity contribution in [1.82, 2.24) is 5.32 Å². The molecular weight excluding hydrogens is 466 g/mol. The highest BCUT2D eigenvalue weighted by Crippen LogP contribution is 2.46. The highest BCUT2D eigenvalue weighted by atomic mass is 16.5. The predicted molar refractivity (Wildman–Crippen MR) is 144 cm³/mol. The number of esters is 1. The molecule has 0 amide bonds. The summed E-state index contributed by atoms with van der Waals surface area (Å²) < 4.78 is 16.6. The molecular formula is C31H37NO5. The first-order chi connectivity index (χ1) is 17.8. The van der Waals surface area contributed by atoms with E-state index in [2.05, 4.69) is 24.4 Å². The summed E-state index contributed by atoms with van der Waals surface area (Å²) in [5, 5.41) is 3.43. The molecule has 2 aromatic rings. The number of allylic oxidation sites excluding steroid dienone is 3. The number of hydrogen-bond donors (Lipinski definition) is 1. The van der Waals surface area contributed by atoms with Gasteiger partial charge < -0.3 is 19.5 Å². The van der Waals surface area contributed by atoms with E-state index in [1.54, 1.807) is 14.2 Å². The van der Waals surface area contributed by atoms with E-state index >= 15 is 0 Å². The summed E-state index contributed by atoms with van der Waals surface area (Å²) in [5.41, 5.74) is 5.95. The normalized spacial score (nSPS) is 20.2. The highest BCUT2D eigenvalue weighted by molar-refractivity contribution is 6.04. The van der Waals surface area contributed by atoms with Crippen molar-refractivity contribution >= 4 is 11.8 Å². The molecule has 6 nitrogen and oxygen atoms in total. The van der Waals surface area contributed by atoms with E-state index in [0.717, 1.165) is 35.4 Å². The summed E-state index contributed by atoms with van der Waals surface area (Å²) in [7, 11) is 3.22. The minimum Gasteiger partial charge on any atom is -0.493 e. The van der Waals surface area contributed by atoms with Crippen LogP contribution in [-0.4, -0.2) is 32.1 Å². The Bertz CT molecular complexity index is 1240. The second-order valence-electron chi connectivity index (χ2n) is 9.85. The molecule has 37 heavy (non-hydrogen) atoms. The highest BCUT2D eigenvalue weighted by Gasteiger charge is 2.41. The fraction of sp³-hybridized carbons (Fsp3) is 0.419. The third-order valence-corrected chi connectivity index (χ3v) is 7.53. The third-order valence-electron chi connectivity index (χ3n) is 7.53.